The lowest BCUT2D eigenvalue weighted by molar-refractivity contribution is 0.100. The number of carbonyl (C=O) groups is 3. The maximum absolute atomic E-state index is 12.8. The van der Waals surface area contributed by atoms with Crippen LogP contribution in [0.3, 0.4) is 0 Å². The minimum absolute atomic E-state index is 0. The molecular weight excluding hydrogens is 740 g/mol. The zero-order valence-corrected chi connectivity index (χ0v) is 30.2. The van der Waals surface area contributed by atoms with E-state index in [0.29, 0.717) is 62.0 Å². The summed E-state index contributed by atoms with van der Waals surface area (Å²) in [7, 11) is 1.98. The van der Waals surface area contributed by atoms with Crippen LogP contribution in [-0.4, -0.2) is 49.8 Å². The summed E-state index contributed by atoms with van der Waals surface area (Å²) in [6.07, 6.45) is 0. The van der Waals surface area contributed by atoms with Crippen molar-refractivity contribution in [2.75, 3.05) is 47.9 Å². The highest BCUT2D eigenvalue weighted by Crippen LogP contribution is 2.36. The molecule has 0 saturated carbocycles. The quantitative estimate of drug-likeness (QED) is 0.136. The van der Waals surface area contributed by atoms with Crippen molar-refractivity contribution in [2.45, 2.75) is 6.92 Å². The molecule has 15 heteroatoms. The highest BCUT2D eigenvalue weighted by atomic mass is 35.5. The molecule has 0 atom stereocenters. The number of rotatable bonds is 7. The lowest BCUT2D eigenvalue weighted by Crippen LogP contribution is -2.27. The van der Waals surface area contributed by atoms with Crippen LogP contribution in [0.1, 0.15) is 39.2 Å². The lowest BCUT2D eigenvalue weighted by atomic mass is 10.1. The fourth-order valence-corrected chi connectivity index (χ4v) is 6.43. The molecule has 4 aromatic carbocycles. The molecule has 7 rings (SSSR count). The van der Waals surface area contributed by atoms with Gasteiger partial charge in [0.25, 0.3) is 0 Å². The van der Waals surface area contributed by atoms with Crippen molar-refractivity contribution in [1.82, 2.24) is 5.32 Å². The molecule has 3 heterocycles. The van der Waals surface area contributed by atoms with Crippen LogP contribution in [-0.2, 0) is 0 Å². The Hall–Kier alpha value is -4.91. The van der Waals surface area contributed by atoms with Gasteiger partial charge in [-0.2, -0.15) is 0 Å². The second-order valence-corrected chi connectivity index (χ2v) is 13.0. The normalized spacial score (nSPS) is 12.4. The predicted octanol–water partition coefficient (Wildman–Crippen LogP) is 8.27. The van der Waals surface area contributed by atoms with E-state index in [0.717, 1.165) is 12.2 Å². The van der Waals surface area contributed by atoms with Crippen molar-refractivity contribution < 1.29 is 28.7 Å². The average molecular weight is 771 g/mol. The van der Waals surface area contributed by atoms with Gasteiger partial charge in [-0.15, -0.1) is 0 Å². The fourth-order valence-electron chi connectivity index (χ4n) is 5.45. The Morgan fingerprint density at radius 3 is 1.76 bits per heavy atom. The molecule has 11 nitrogen and oxygen atoms in total. The second kappa shape index (κ2) is 15.1. The van der Waals surface area contributed by atoms with Gasteiger partial charge in [0.2, 0.25) is 11.6 Å². The van der Waals surface area contributed by atoms with Gasteiger partial charge >= 0.3 is 6.03 Å². The summed E-state index contributed by atoms with van der Waals surface area (Å²) in [5, 5.41) is 5.41. The van der Waals surface area contributed by atoms with Crippen LogP contribution < -0.4 is 26.6 Å². The Morgan fingerprint density at radius 2 is 1.29 bits per heavy atom. The van der Waals surface area contributed by atoms with Crippen molar-refractivity contribution in [1.29, 1.82) is 0 Å². The molecule has 0 aliphatic carbocycles. The molecule has 1 aliphatic heterocycles. The number of hydrogen-bond acceptors (Lipinski definition) is 8. The molecule has 1 saturated heterocycles. The summed E-state index contributed by atoms with van der Waals surface area (Å²) in [4.78, 5) is 41.0. The van der Waals surface area contributed by atoms with Crippen molar-refractivity contribution in [3.05, 3.63) is 116 Å². The first-order valence-corrected chi connectivity index (χ1v) is 16.8. The Kier molecular flexibility index (Phi) is 11.1. The smallest absolute Gasteiger partial charge is 0.321 e. The SMILES string of the molecule is CCN(C)c1ccc2c(N)c(C(=O)c3ccc(Cl)cc3Cl)oc2c1.Nc1c(C(=O)c2ccc(Cl)cc2Cl)oc2cc(N3CCNC3=O)ccc12.O. The van der Waals surface area contributed by atoms with Gasteiger partial charge in [-0.25, -0.2) is 4.79 Å². The van der Waals surface area contributed by atoms with Crippen LogP contribution in [0.25, 0.3) is 21.9 Å². The fraction of sp³-hybridized carbons (Fsp3) is 0.139. The van der Waals surface area contributed by atoms with Crippen molar-refractivity contribution in [3.63, 3.8) is 0 Å². The van der Waals surface area contributed by atoms with Crippen LogP contribution >= 0.6 is 46.4 Å². The first-order valence-electron chi connectivity index (χ1n) is 15.3. The molecule has 0 spiro atoms. The first-order chi connectivity index (χ1) is 23.9. The van der Waals surface area contributed by atoms with Crippen LogP contribution in [0.5, 0.6) is 0 Å². The van der Waals surface area contributed by atoms with E-state index in [4.69, 9.17) is 66.7 Å². The van der Waals surface area contributed by atoms with E-state index in [1.165, 1.54) is 18.2 Å². The van der Waals surface area contributed by atoms with Gasteiger partial charge in [-0.1, -0.05) is 46.4 Å². The van der Waals surface area contributed by atoms with Crippen LogP contribution in [0.15, 0.2) is 81.6 Å². The zero-order chi connectivity index (χ0) is 35.9. The third kappa shape index (κ3) is 7.30. The van der Waals surface area contributed by atoms with Crippen molar-refractivity contribution >= 4 is 109 Å². The molecule has 1 fully saturated rings. The van der Waals surface area contributed by atoms with Crippen LogP contribution in [0.2, 0.25) is 20.1 Å². The predicted molar refractivity (Wildman–Crippen MR) is 204 cm³/mol. The molecule has 7 N–H and O–H groups in total. The maximum atomic E-state index is 12.8. The number of hydrogen-bond donors (Lipinski definition) is 3. The van der Waals surface area contributed by atoms with Gasteiger partial charge in [0.15, 0.2) is 11.5 Å². The van der Waals surface area contributed by atoms with E-state index in [1.807, 2.05) is 25.2 Å². The largest absolute Gasteiger partial charge is 0.450 e. The number of benzene rings is 4. The number of urea groups is 1. The number of carbonyl (C=O) groups excluding carboxylic acids is 3. The second-order valence-electron chi connectivity index (χ2n) is 11.4. The minimum atomic E-state index is -0.430. The van der Waals surface area contributed by atoms with E-state index >= 15 is 0 Å². The van der Waals surface area contributed by atoms with Gasteiger partial charge in [-0.05, 0) is 67.6 Å². The standard InChI is InChI=1S/C18H13Cl2N3O3.C18H16Cl2N2O2.H2O/c19-9-1-3-11(13(20)7-9)16(24)17-15(21)12-4-2-10(8-14(12)26-17)23-6-5-22-18(23)25;1-3-22(2)11-5-7-13-15(9-11)24-18(16(13)21)17(23)12-6-4-10(19)8-14(12)20;/h1-4,7-8H,5-6,21H2,(H,22,25);4-9H,3,21H2,1-2H3;1H2. The first kappa shape index (κ1) is 37.3. The van der Waals surface area contributed by atoms with Crippen molar-refractivity contribution in [3.8, 4) is 0 Å². The Bertz CT molecular complexity index is 2320. The number of furan rings is 2. The number of nitrogens with zero attached hydrogens (tertiary/aromatic N) is 2. The van der Waals surface area contributed by atoms with Crippen LogP contribution in [0, 0.1) is 0 Å². The van der Waals surface area contributed by atoms with Gasteiger partial charge < -0.3 is 36.0 Å². The van der Waals surface area contributed by atoms with Crippen molar-refractivity contribution in [2.24, 2.45) is 0 Å². The Balaban J connectivity index is 0.000000195. The van der Waals surface area contributed by atoms with E-state index in [9.17, 15) is 14.4 Å². The summed E-state index contributed by atoms with van der Waals surface area (Å²) in [6, 6.07) is 20.0. The third-order valence-corrected chi connectivity index (χ3v) is 9.37. The van der Waals surface area contributed by atoms with Gasteiger partial charge in [-0.3, -0.25) is 14.5 Å². The highest BCUT2D eigenvalue weighted by molar-refractivity contribution is 6.38. The Morgan fingerprint density at radius 1 is 0.784 bits per heavy atom. The topological polar surface area (TPSA) is 180 Å². The number of ketones is 2. The maximum Gasteiger partial charge on any atom is 0.321 e. The average Bonchev–Trinajstić information content (AvgIpc) is 3.78. The molecule has 2 aromatic heterocycles. The molecule has 0 bridgehead atoms. The zero-order valence-electron chi connectivity index (χ0n) is 27.2. The summed E-state index contributed by atoms with van der Waals surface area (Å²) in [5.41, 5.74) is 16.0. The number of nitrogens with two attached hydrogens (primary N) is 2. The molecule has 0 unspecified atom stereocenters. The lowest BCUT2D eigenvalue weighted by Gasteiger charge is -2.16. The van der Waals surface area contributed by atoms with E-state index < -0.39 is 5.78 Å². The highest BCUT2D eigenvalue weighted by Gasteiger charge is 2.26. The molecule has 51 heavy (non-hydrogen) atoms. The number of nitrogen functional groups attached to an aromatic ring is 2. The molecular formula is C36H31Cl4N5O6. The number of halogens is 4. The summed E-state index contributed by atoms with van der Waals surface area (Å²) < 4.78 is 11.5. The monoisotopic (exact) mass is 769 g/mol. The number of anilines is 4. The van der Waals surface area contributed by atoms with E-state index in [2.05, 4.69) is 17.1 Å². The molecule has 0 radical (unpaired) electrons. The van der Waals surface area contributed by atoms with Gasteiger partial charge in [0.05, 0.1) is 21.4 Å². The number of nitrogens with one attached hydrogen (secondary N) is 1. The summed E-state index contributed by atoms with van der Waals surface area (Å²) in [6.45, 7) is 4.05. The third-order valence-electron chi connectivity index (χ3n) is 8.27. The van der Waals surface area contributed by atoms with Gasteiger partial charge in [0, 0.05) is 82.1 Å². The molecule has 2 amide bonds. The van der Waals surface area contributed by atoms with E-state index in [1.54, 1.807) is 41.3 Å². The van der Waals surface area contributed by atoms with Crippen LogP contribution in [0.4, 0.5) is 27.5 Å². The molecule has 6 aromatic rings. The van der Waals surface area contributed by atoms with E-state index in [-0.39, 0.29) is 50.1 Å². The van der Waals surface area contributed by atoms with Gasteiger partial charge in [0.1, 0.15) is 11.2 Å². The molecule has 1 aliphatic rings. The summed E-state index contributed by atoms with van der Waals surface area (Å²) in [5.74, 6) is -0.700. The number of amides is 2. The summed E-state index contributed by atoms with van der Waals surface area (Å²) >= 11 is 24.0. The minimum Gasteiger partial charge on any atom is -0.450 e. The Labute approximate surface area is 311 Å². The molecule has 264 valence electrons. The number of fused-ring (bicyclic) bond motifs is 2.